The van der Waals surface area contributed by atoms with Crippen LogP contribution in [0.25, 0.3) is 0 Å². The standard InChI is InChI=1S/C17H24N2O3.ClH/c20-16(14-6-9-18-10-7-14)19-11-8-17(21,12-19)13-22-15-4-2-1-3-5-15;/h1-5,14,18,21H,6-13H2;1H. The van der Waals surface area contributed by atoms with Crippen molar-refractivity contribution in [2.24, 2.45) is 5.92 Å². The molecule has 3 rings (SSSR count). The fourth-order valence-electron chi connectivity index (χ4n) is 3.22. The molecule has 2 aliphatic rings. The second kappa shape index (κ2) is 7.99. The number of amides is 1. The molecule has 2 saturated heterocycles. The largest absolute Gasteiger partial charge is 0.491 e. The zero-order valence-electron chi connectivity index (χ0n) is 13.2. The second-order valence-electron chi connectivity index (χ2n) is 6.36. The summed E-state index contributed by atoms with van der Waals surface area (Å²) >= 11 is 0. The Bertz CT molecular complexity index is 508. The summed E-state index contributed by atoms with van der Waals surface area (Å²) < 4.78 is 5.67. The molecule has 1 aromatic rings. The number of aliphatic hydroxyl groups is 1. The quantitative estimate of drug-likeness (QED) is 0.871. The van der Waals surface area contributed by atoms with E-state index in [-0.39, 0.29) is 30.8 Å². The number of ether oxygens (including phenoxy) is 1. The first-order chi connectivity index (χ1) is 10.7. The van der Waals surface area contributed by atoms with Crippen molar-refractivity contribution in [2.75, 3.05) is 32.8 Å². The van der Waals surface area contributed by atoms with Crippen molar-refractivity contribution in [1.29, 1.82) is 0 Å². The third-order valence-electron chi connectivity index (χ3n) is 4.58. The molecule has 2 heterocycles. The fraction of sp³-hybridized carbons (Fsp3) is 0.588. The number of β-amino-alcohol motifs (C(OH)–C–C–N with tert-alkyl or cyclic N) is 1. The van der Waals surface area contributed by atoms with Gasteiger partial charge in [0.25, 0.3) is 0 Å². The number of hydrogen-bond acceptors (Lipinski definition) is 4. The van der Waals surface area contributed by atoms with Crippen molar-refractivity contribution >= 4 is 18.3 Å². The van der Waals surface area contributed by atoms with Crippen LogP contribution in [0.2, 0.25) is 0 Å². The number of piperidine rings is 1. The Labute approximate surface area is 143 Å². The van der Waals surface area contributed by atoms with Gasteiger partial charge in [-0.2, -0.15) is 0 Å². The van der Waals surface area contributed by atoms with E-state index in [1.807, 2.05) is 35.2 Å². The molecule has 0 aliphatic carbocycles. The van der Waals surface area contributed by atoms with E-state index in [4.69, 9.17) is 4.74 Å². The highest BCUT2D eigenvalue weighted by atomic mass is 35.5. The number of likely N-dealkylation sites (tertiary alicyclic amines) is 1. The third kappa shape index (κ3) is 4.59. The van der Waals surface area contributed by atoms with Crippen molar-refractivity contribution in [3.8, 4) is 5.75 Å². The average molecular weight is 341 g/mol. The van der Waals surface area contributed by atoms with E-state index in [2.05, 4.69) is 5.32 Å². The maximum absolute atomic E-state index is 12.5. The number of halogens is 1. The van der Waals surface area contributed by atoms with Crippen LogP contribution in [-0.2, 0) is 4.79 Å². The molecule has 0 saturated carbocycles. The summed E-state index contributed by atoms with van der Waals surface area (Å²) in [7, 11) is 0. The molecule has 2 N–H and O–H groups in total. The maximum Gasteiger partial charge on any atom is 0.225 e. The zero-order chi connectivity index (χ0) is 15.4. The second-order valence-corrected chi connectivity index (χ2v) is 6.36. The van der Waals surface area contributed by atoms with E-state index >= 15 is 0 Å². The van der Waals surface area contributed by atoms with Crippen LogP contribution in [0.1, 0.15) is 19.3 Å². The number of nitrogens with zero attached hydrogens (tertiary/aromatic N) is 1. The van der Waals surface area contributed by atoms with Gasteiger partial charge in [-0.25, -0.2) is 0 Å². The lowest BCUT2D eigenvalue weighted by Crippen LogP contribution is -2.44. The molecule has 23 heavy (non-hydrogen) atoms. The van der Waals surface area contributed by atoms with Crippen molar-refractivity contribution < 1.29 is 14.6 Å². The van der Waals surface area contributed by atoms with Crippen LogP contribution in [0, 0.1) is 5.92 Å². The lowest BCUT2D eigenvalue weighted by molar-refractivity contribution is -0.136. The molecule has 1 amide bonds. The van der Waals surface area contributed by atoms with Crippen LogP contribution in [0.15, 0.2) is 30.3 Å². The summed E-state index contributed by atoms with van der Waals surface area (Å²) in [6.07, 6.45) is 2.37. The number of para-hydroxylation sites is 1. The van der Waals surface area contributed by atoms with Gasteiger partial charge in [-0.1, -0.05) is 18.2 Å². The van der Waals surface area contributed by atoms with Crippen LogP contribution >= 0.6 is 12.4 Å². The predicted octanol–water partition coefficient (Wildman–Crippen LogP) is 1.45. The normalized spacial score (nSPS) is 25.0. The lowest BCUT2D eigenvalue weighted by atomic mass is 9.96. The minimum atomic E-state index is -0.932. The van der Waals surface area contributed by atoms with Crippen molar-refractivity contribution in [3.63, 3.8) is 0 Å². The predicted molar refractivity (Wildman–Crippen MR) is 90.9 cm³/mol. The van der Waals surface area contributed by atoms with Crippen molar-refractivity contribution in [2.45, 2.75) is 24.9 Å². The number of benzene rings is 1. The fourth-order valence-corrected chi connectivity index (χ4v) is 3.22. The molecule has 5 nitrogen and oxygen atoms in total. The topological polar surface area (TPSA) is 61.8 Å². The highest BCUT2D eigenvalue weighted by molar-refractivity contribution is 5.85. The number of hydrogen-bond donors (Lipinski definition) is 2. The van der Waals surface area contributed by atoms with Gasteiger partial charge >= 0.3 is 0 Å². The van der Waals surface area contributed by atoms with Gasteiger partial charge < -0.3 is 20.1 Å². The number of carbonyl (C=O) groups excluding carboxylic acids is 1. The van der Waals surface area contributed by atoms with Gasteiger partial charge in [-0.05, 0) is 44.5 Å². The highest BCUT2D eigenvalue weighted by Gasteiger charge is 2.40. The van der Waals surface area contributed by atoms with Gasteiger partial charge in [-0.15, -0.1) is 12.4 Å². The summed E-state index contributed by atoms with van der Waals surface area (Å²) in [5.74, 6) is 1.05. The van der Waals surface area contributed by atoms with Crippen molar-refractivity contribution in [3.05, 3.63) is 30.3 Å². The Morgan fingerprint density at radius 2 is 2.00 bits per heavy atom. The molecule has 1 atom stereocenters. The summed E-state index contributed by atoms with van der Waals surface area (Å²) in [4.78, 5) is 14.3. The molecule has 0 bridgehead atoms. The van der Waals surface area contributed by atoms with E-state index in [1.165, 1.54) is 0 Å². The summed E-state index contributed by atoms with van der Waals surface area (Å²) in [6, 6.07) is 9.48. The lowest BCUT2D eigenvalue weighted by Gasteiger charge is -2.28. The molecular formula is C17H25ClN2O3. The minimum Gasteiger partial charge on any atom is -0.491 e. The first kappa shape index (κ1) is 18.0. The van der Waals surface area contributed by atoms with Gasteiger partial charge in [-0.3, -0.25) is 4.79 Å². The molecule has 1 unspecified atom stereocenters. The maximum atomic E-state index is 12.5. The zero-order valence-corrected chi connectivity index (χ0v) is 14.1. The van der Waals surface area contributed by atoms with E-state index in [0.29, 0.717) is 19.5 Å². The van der Waals surface area contributed by atoms with Gasteiger partial charge in [0.15, 0.2) is 0 Å². The van der Waals surface area contributed by atoms with Crippen LogP contribution in [-0.4, -0.2) is 54.3 Å². The average Bonchev–Trinajstić information content (AvgIpc) is 2.97. The van der Waals surface area contributed by atoms with Crippen LogP contribution in [0.5, 0.6) is 5.75 Å². The first-order valence-corrected chi connectivity index (χ1v) is 8.06. The Kier molecular flexibility index (Phi) is 6.27. The van der Waals surface area contributed by atoms with E-state index < -0.39 is 5.60 Å². The van der Waals surface area contributed by atoms with Crippen molar-refractivity contribution in [1.82, 2.24) is 10.2 Å². The van der Waals surface area contributed by atoms with Crippen LogP contribution in [0.4, 0.5) is 0 Å². The molecule has 128 valence electrons. The molecule has 6 heteroatoms. The van der Waals surface area contributed by atoms with Crippen LogP contribution in [0.3, 0.4) is 0 Å². The number of rotatable bonds is 4. The molecule has 0 aromatic heterocycles. The smallest absolute Gasteiger partial charge is 0.225 e. The summed E-state index contributed by atoms with van der Waals surface area (Å²) in [5, 5.41) is 13.9. The number of nitrogens with one attached hydrogen (secondary N) is 1. The third-order valence-corrected chi connectivity index (χ3v) is 4.58. The molecule has 0 radical (unpaired) electrons. The highest BCUT2D eigenvalue weighted by Crippen LogP contribution is 2.26. The van der Waals surface area contributed by atoms with Gasteiger partial charge in [0.2, 0.25) is 5.91 Å². The van der Waals surface area contributed by atoms with Crippen LogP contribution < -0.4 is 10.1 Å². The van der Waals surface area contributed by atoms with E-state index in [1.54, 1.807) is 0 Å². The van der Waals surface area contributed by atoms with Gasteiger partial charge in [0.05, 0.1) is 6.54 Å². The molecule has 0 spiro atoms. The Balaban J connectivity index is 0.00000192. The molecule has 2 fully saturated rings. The SMILES string of the molecule is Cl.O=C(C1CCNCC1)N1CCC(O)(COc2ccccc2)C1. The molecule has 2 aliphatic heterocycles. The molecule has 1 aromatic carbocycles. The van der Waals surface area contributed by atoms with Gasteiger partial charge in [0.1, 0.15) is 18.0 Å². The minimum absolute atomic E-state index is 0. The van der Waals surface area contributed by atoms with E-state index in [9.17, 15) is 9.90 Å². The molecular weight excluding hydrogens is 316 g/mol. The Hall–Kier alpha value is -1.30. The van der Waals surface area contributed by atoms with E-state index in [0.717, 1.165) is 31.7 Å². The number of carbonyl (C=O) groups is 1. The Morgan fingerprint density at radius 1 is 1.30 bits per heavy atom. The summed E-state index contributed by atoms with van der Waals surface area (Å²) in [5.41, 5.74) is -0.932. The summed E-state index contributed by atoms with van der Waals surface area (Å²) in [6.45, 7) is 3.05. The Morgan fingerprint density at radius 3 is 2.70 bits per heavy atom. The first-order valence-electron chi connectivity index (χ1n) is 8.06. The van der Waals surface area contributed by atoms with Gasteiger partial charge in [0, 0.05) is 12.5 Å². The monoisotopic (exact) mass is 340 g/mol.